The van der Waals surface area contributed by atoms with Gasteiger partial charge in [0, 0.05) is 6.10 Å². The van der Waals surface area contributed by atoms with Gasteiger partial charge in [0.1, 0.15) is 0 Å². The number of aliphatic hydroxyl groups is 1. The zero-order valence-corrected chi connectivity index (χ0v) is 89.9. The summed E-state index contributed by atoms with van der Waals surface area (Å²) in [5.74, 6) is 0. The van der Waals surface area contributed by atoms with E-state index in [1.807, 2.05) is 0 Å². The molecular weight excluding hydrogens is 1350 g/mol. The lowest BCUT2D eigenvalue weighted by molar-refractivity contribution is 0.216. The first kappa shape index (κ1) is 160. The Labute approximate surface area is 732 Å². The second-order valence-electron chi connectivity index (χ2n) is 31.8. The van der Waals surface area contributed by atoms with Gasteiger partial charge in [0.2, 0.25) is 0 Å². The van der Waals surface area contributed by atoms with Crippen LogP contribution in [0.4, 0.5) is 0 Å². The average molecular weight is 1610 g/mol. The summed E-state index contributed by atoms with van der Waals surface area (Å²) in [7, 11) is 0. The van der Waals surface area contributed by atoms with E-state index in [1.165, 1.54) is 462 Å². The van der Waals surface area contributed by atoms with Crippen LogP contribution < -0.4 is 0 Å². The Morgan fingerprint density at radius 2 is 0.107 bits per heavy atom. The maximum Gasteiger partial charge on any atom is 0.0483 e. The molecule has 0 saturated heterocycles. The first-order valence-electron chi connectivity index (χ1n) is 53.9. The zero-order chi connectivity index (χ0) is 90.5. The standard InChI is InChI=1S/18C6H14.C3H8O/c18*1-3-5-6-4-2;1-3(2)4/h18*3-6H2,1-2H3;3-4H,1-2H3. The molecule has 1 nitrogen and oxygen atoms in total. The van der Waals surface area contributed by atoms with Gasteiger partial charge in [0.15, 0.2) is 0 Å². The molecule has 112 heavy (non-hydrogen) atoms. The van der Waals surface area contributed by atoms with Crippen LogP contribution in [-0.4, -0.2) is 11.2 Å². The maximum absolute atomic E-state index is 8.06. The predicted molar refractivity (Wildman–Crippen MR) is 554 cm³/mol. The van der Waals surface area contributed by atoms with Crippen molar-refractivity contribution in [2.75, 3.05) is 0 Å². The number of hydrogen-bond donors (Lipinski definition) is 1. The topological polar surface area (TPSA) is 20.2 Å². The summed E-state index contributed by atoms with van der Waals surface area (Å²) < 4.78 is 0. The van der Waals surface area contributed by atoms with Crippen molar-refractivity contribution in [2.24, 2.45) is 0 Å². The van der Waals surface area contributed by atoms with Crippen LogP contribution in [0.2, 0.25) is 0 Å². The molecule has 0 aromatic heterocycles. The summed E-state index contributed by atoms with van der Waals surface area (Å²) in [6.45, 7) is 83.8. The minimum Gasteiger partial charge on any atom is -0.394 e. The van der Waals surface area contributed by atoms with Gasteiger partial charge in [-0.25, -0.2) is 0 Å². The van der Waals surface area contributed by atoms with E-state index in [4.69, 9.17) is 5.11 Å². The van der Waals surface area contributed by atoms with Crippen LogP contribution in [0, 0.1) is 0 Å². The molecule has 0 heterocycles. The molecule has 1 N–H and O–H groups in total. The van der Waals surface area contributed by atoms with Gasteiger partial charge in [-0.05, 0) is 13.8 Å². The molecule has 0 fully saturated rings. The molecule has 710 valence electrons. The fourth-order valence-electron chi connectivity index (χ4n) is 9.00. The number of rotatable bonds is 54. The summed E-state index contributed by atoms with van der Waals surface area (Å²) in [4.78, 5) is 0. The molecule has 0 aliphatic carbocycles. The molecule has 0 radical (unpaired) electrons. The van der Waals surface area contributed by atoms with Crippen LogP contribution in [-0.2, 0) is 0 Å². The Bertz CT molecular complexity index is 566. The molecule has 0 bridgehead atoms. The van der Waals surface area contributed by atoms with Crippen molar-refractivity contribution in [3.8, 4) is 0 Å². The van der Waals surface area contributed by atoms with Gasteiger partial charge in [-0.15, -0.1) is 0 Å². The highest BCUT2D eigenvalue weighted by atomic mass is 16.3. The van der Waals surface area contributed by atoms with Crippen LogP contribution in [0.3, 0.4) is 0 Å². The van der Waals surface area contributed by atoms with Crippen LogP contribution in [0.25, 0.3) is 0 Å². The number of aliphatic hydroxyl groups excluding tert-OH is 1. The van der Waals surface area contributed by atoms with Crippen molar-refractivity contribution in [1.82, 2.24) is 0 Å². The van der Waals surface area contributed by atoms with Crippen LogP contribution >= 0.6 is 0 Å². The van der Waals surface area contributed by atoms with Crippen molar-refractivity contribution in [1.29, 1.82) is 0 Å². The van der Waals surface area contributed by atoms with Crippen LogP contribution in [0.5, 0.6) is 0 Å². The smallest absolute Gasteiger partial charge is 0.0483 e. The molecule has 0 aromatic rings. The van der Waals surface area contributed by atoms with Crippen LogP contribution in [0.1, 0.15) is 725 Å². The second-order valence-corrected chi connectivity index (χ2v) is 31.8. The second kappa shape index (κ2) is 239. The number of unbranched alkanes of at least 4 members (excludes halogenated alkanes) is 54. The lowest BCUT2D eigenvalue weighted by atomic mass is 10.2. The number of hydrogen-bond acceptors (Lipinski definition) is 1. The highest BCUT2D eigenvalue weighted by molar-refractivity contribution is 4.40. The molecule has 0 unspecified atom stereocenters. The molecule has 0 amide bonds. The monoisotopic (exact) mass is 1610 g/mol. The SMILES string of the molecule is CC(C)O.CCCCCC.CCCCCC.CCCCCC.CCCCCC.CCCCCC.CCCCCC.CCCCCC.CCCCCC.CCCCCC.CCCCCC.CCCCCC.CCCCCC.CCCCCC.CCCCCC.CCCCCC.CCCCCC.CCCCCC.CCCCCC. The Kier molecular flexibility index (Phi) is 340. The third-order valence-electron chi connectivity index (χ3n) is 17.2. The van der Waals surface area contributed by atoms with Crippen LogP contribution in [0.15, 0.2) is 0 Å². The Hall–Kier alpha value is -0.0400. The van der Waals surface area contributed by atoms with Gasteiger partial charge >= 0.3 is 0 Å². The Balaban J connectivity index is -0.0000000480. The molecule has 0 rings (SSSR count). The minimum absolute atomic E-state index is 0.167. The van der Waals surface area contributed by atoms with E-state index in [1.54, 1.807) is 13.8 Å². The first-order valence-corrected chi connectivity index (χ1v) is 53.9. The fourth-order valence-corrected chi connectivity index (χ4v) is 9.00. The molecule has 1 heteroatoms. The summed E-state index contributed by atoms with van der Waals surface area (Å²) in [5.41, 5.74) is 0. The maximum atomic E-state index is 8.06. The van der Waals surface area contributed by atoms with Gasteiger partial charge in [0.25, 0.3) is 0 Å². The normalized spacial score (nSPS) is 9.00. The molecule has 0 spiro atoms. The van der Waals surface area contributed by atoms with Gasteiger partial charge in [-0.3, -0.25) is 0 Å². The highest BCUT2D eigenvalue weighted by Gasteiger charge is 1.84. The molecular formula is C111H260O. The zero-order valence-electron chi connectivity index (χ0n) is 89.9. The van der Waals surface area contributed by atoms with Crippen molar-refractivity contribution >= 4 is 0 Å². The average Bonchev–Trinajstić information content (AvgIpc) is 3.72. The molecule has 0 aliphatic rings. The van der Waals surface area contributed by atoms with Crippen molar-refractivity contribution in [3.05, 3.63) is 0 Å². The minimum atomic E-state index is -0.167. The first-order chi connectivity index (χ1) is 54.2. The highest BCUT2D eigenvalue weighted by Crippen LogP contribution is 2.04. The molecule has 0 atom stereocenters. The Morgan fingerprint density at radius 3 is 0.116 bits per heavy atom. The van der Waals surface area contributed by atoms with Crippen molar-refractivity contribution < 1.29 is 5.11 Å². The van der Waals surface area contributed by atoms with Gasteiger partial charge < -0.3 is 5.11 Å². The van der Waals surface area contributed by atoms with Crippen molar-refractivity contribution in [2.45, 2.75) is 732 Å². The molecule has 0 aliphatic heterocycles. The summed E-state index contributed by atoms with van der Waals surface area (Å²) in [5, 5.41) is 8.06. The van der Waals surface area contributed by atoms with E-state index in [0.717, 1.165) is 0 Å². The van der Waals surface area contributed by atoms with E-state index in [-0.39, 0.29) is 6.10 Å². The predicted octanol–water partition coefficient (Wildman–Crippen LogP) is 46.9. The third-order valence-corrected chi connectivity index (χ3v) is 17.2. The van der Waals surface area contributed by atoms with Crippen molar-refractivity contribution in [3.63, 3.8) is 0 Å². The summed E-state index contributed by atoms with van der Waals surface area (Å²) in [6.07, 6.45) is 99.5. The third kappa shape index (κ3) is 448. The van der Waals surface area contributed by atoms with E-state index >= 15 is 0 Å². The molecule has 0 saturated carbocycles. The largest absolute Gasteiger partial charge is 0.394 e. The Morgan fingerprint density at radius 1 is 0.0893 bits per heavy atom. The summed E-state index contributed by atoms with van der Waals surface area (Å²) >= 11 is 0. The van der Waals surface area contributed by atoms with E-state index in [9.17, 15) is 0 Å². The summed E-state index contributed by atoms with van der Waals surface area (Å²) in [6, 6.07) is 0. The van der Waals surface area contributed by atoms with E-state index < -0.39 is 0 Å². The molecule has 0 aromatic carbocycles. The van der Waals surface area contributed by atoms with E-state index in [2.05, 4.69) is 249 Å². The van der Waals surface area contributed by atoms with Gasteiger partial charge in [-0.2, -0.15) is 0 Å². The quantitative estimate of drug-likeness (QED) is 0.0602. The van der Waals surface area contributed by atoms with E-state index in [0.29, 0.717) is 0 Å². The fraction of sp³-hybridized carbons (Fsp3) is 1.00. The van der Waals surface area contributed by atoms with Gasteiger partial charge in [-0.1, -0.05) is 712 Å². The van der Waals surface area contributed by atoms with Gasteiger partial charge in [0.05, 0.1) is 0 Å². The lowest BCUT2D eigenvalue weighted by Gasteiger charge is -1.86. The lowest BCUT2D eigenvalue weighted by Crippen LogP contribution is -1.85.